The minimum Gasteiger partial charge on any atom is -0.458 e. The zero-order valence-electron chi connectivity index (χ0n) is 18.7. The van der Waals surface area contributed by atoms with E-state index in [1.54, 1.807) is 0 Å². The third-order valence-corrected chi connectivity index (χ3v) is 6.59. The van der Waals surface area contributed by atoms with Gasteiger partial charge in [-0.1, -0.05) is 68.3 Å². The van der Waals surface area contributed by atoms with E-state index in [1.165, 1.54) is 60.1 Å². The maximum absolute atomic E-state index is 11.7. The fourth-order valence-corrected chi connectivity index (χ4v) is 4.84. The van der Waals surface area contributed by atoms with E-state index in [9.17, 15) is 4.79 Å². The molecule has 0 unspecified atom stereocenters. The van der Waals surface area contributed by atoms with Crippen LogP contribution in [0.2, 0.25) is 0 Å². The van der Waals surface area contributed by atoms with E-state index in [4.69, 9.17) is 9.84 Å². The Morgan fingerprint density at radius 3 is 2.47 bits per heavy atom. The van der Waals surface area contributed by atoms with E-state index in [-0.39, 0.29) is 19.2 Å². The quantitative estimate of drug-likeness (QED) is 0.320. The highest BCUT2D eigenvalue weighted by molar-refractivity contribution is 5.88. The van der Waals surface area contributed by atoms with Crippen molar-refractivity contribution in [1.29, 1.82) is 0 Å². The summed E-state index contributed by atoms with van der Waals surface area (Å²) < 4.78 is 5.44. The van der Waals surface area contributed by atoms with Crippen molar-refractivity contribution in [3.63, 3.8) is 0 Å². The van der Waals surface area contributed by atoms with Gasteiger partial charge in [-0.15, -0.1) is 0 Å². The molecule has 0 bridgehead atoms. The van der Waals surface area contributed by atoms with Gasteiger partial charge < -0.3 is 9.84 Å². The van der Waals surface area contributed by atoms with Crippen molar-refractivity contribution in [3.8, 4) is 11.1 Å². The summed E-state index contributed by atoms with van der Waals surface area (Å²) in [6, 6.07) is 19.7. The monoisotopic (exact) mass is 428 g/mol. The zero-order chi connectivity index (χ0) is 22.3. The number of hydrogen-bond donors (Lipinski definition) is 1. The maximum atomic E-state index is 11.7. The highest BCUT2D eigenvalue weighted by atomic mass is 16.5. The second-order valence-corrected chi connectivity index (χ2v) is 8.78. The van der Waals surface area contributed by atoms with Gasteiger partial charge >= 0.3 is 5.97 Å². The SMILES string of the molecule is C=CC(=O)OCc1cc(-c2ccc3cc(CCCO)ccc3c2)ccc1C1CCCCC1. The molecule has 1 N–H and O–H groups in total. The fraction of sp³-hybridized carbons (Fsp3) is 0.345. The average Bonchev–Trinajstić information content (AvgIpc) is 2.85. The first-order valence-electron chi connectivity index (χ1n) is 11.7. The first-order valence-corrected chi connectivity index (χ1v) is 11.7. The molecule has 3 aromatic carbocycles. The van der Waals surface area contributed by atoms with Gasteiger partial charge in [0.2, 0.25) is 0 Å². The molecule has 1 aliphatic rings. The van der Waals surface area contributed by atoms with Crippen molar-refractivity contribution in [1.82, 2.24) is 0 Å². The van der Waals surface area contributed by atoms with Crippen LogP contribution < -0.4 is 0 Å². The summed E-state index contributed by atoms with van der Waals surface area (Å²) >= 11 is 0. The van der Waals surface area contributed by atoms with E-state index < -0.39 is 0 Å². The first kappa shape index (κ1) is 22.3. The number of aliphatic hydroxyl groups is 1. The maximum Gasteiger partial charge on any atom is 0.330 e. The molecular weight excluding hydrogens is 396 g/mol. The standard InChI is InChI=1S/C29H32O3/c1-2-29(31)32-20-27-19-26(14-15-28(27)22-8-4-3-5-9-22)25-13-12-23-17-21(7-6-16-30)10-11-24(23)18-25/h2,10-15,17-19,22,30H,1,3-9,16,20H2. The van der Waals surface area contributed by atoms with Crippen molar-refractivity contribution < 1.29 is 14.6 Å². The summed E-state index contributed by atoms with van der Waals surface area (Å²) in [7, 11) is 0. The second-order valence-electron chi connectivity index (χ2n) is 8.78. The number of hydrogen-bond acceptors (Lipinski definition) is 3. The average molecular weight is 429 g/mol. The molecule has 0 heterocycles. The third-order valence-electron chi connectivity index (χ3n) is 6.59. The van der Waals surface area contributed by atoms with E-state index >= 15 is 0 Å². The molecule has 4 rings (SSSR count). The molecule has 0 aromatic heterocycles. The fourth-order valence-electron chi connectivity index (χ4n) is 4.84. The van der Waals surface area contributed by atoms with Crippen LogP contribution in [0.25, 0.3) is 21.9 Å². The summed E-state index contributed by atoms with van der Waals surface area (Å²) in [6.07, 6.45) is 9.16. The lowest BCUT2D eigenvalue weighted by Gasteiger charge is -2.25. The number of aryl methyl sites for hydroxylation is 1. The van der Waals surface area contributed by atoms with Gasteiger partial charge in [0.25, 0.3) is 0 Å². The van der Waals surface area contributed by atoms with Crippen molar-refractivity contribution in [2.75, 3.05) is 6.61 Å². The zero-order valence-corrected chi connectivity index (χ0v) is 18.7. The van der Waals surface area contributed by atoms with Crippen LogP contribution >= 0.6 is 0 Å². The molecule has 0 atom stereocenters. The van der Waals surface area contributed by atoms with Crippen molar-refractivity contribution in [2.45, 2.75) is 57.5 Å². The molecule has 0 spiro atoms. The van der Waals surface area contributed by atoms with Gasteiger partial charge in [-0.25, -0.2) is 4.79 Å². The van der Waals surface area contributed by atoms with Crippen LogP contribution in [0.3, 0.4) is 0 Å². The third kappa shape index (κ3) is 5.28. The molecule has 32 heavy (non-hydrogen) atoms. The van der Waals surface area contributed by atoms with Crippen molar-refractivity contribution >= 4 is 16.7 Å². The smallest absolute Gasteiger partial charge is 0.330 e. The number of ether oxygens (including phenoxy) is 1. The molecule has 1 fully saturated rings. The molecule has 1 saturated carbocycles. The van der Waals surface area contributed by atoms with Gasteiger partial charge in [0.1, 0.15) is 6.61 Å². The van der Waals surface area contributed by atoms with Crippen LogP contribution in [0.5, 0.6) is 0 Å². The number of rotatable bonds is 8. The van der Waals surface area contributed by atoms with Crippen LogP contribution in [0.15, 0.2) is 67.3 Å². The van der Waals surface area contributed by atoms with Gasteiger partial charge in [-0.05, 0) is 82.3 Å². The Morgan fingerprint density at radius 2 is 1.69 bits per heavy atom. The van der Waals surface area contributed by atoms with Gasteiger partial charge in [0, 0.05) is 12.7 Å². The number of carbonyl (C=O) groups excluding carboxylic acids is 1. The highest BCUT2D eigenvalue weighted by Crippen LogP contribution is 2.36. The molecule has 3 heteroatoms. The van der Waals surface area contributed by atoms with E-state index in [2.05, 4.69) is 61.2 Å². The van der Waals surface area contributed by atoms with Crippen LogP contribution in [0.1, 0.15) is 61.1 Å². The number of esters is 1. The summed E-state index contributed by atoms with van der Waals surface area (Å²) in [6.45, 7) is 4.02. The summed E-state index contributed by atoms with van der Waals surface area (Å²) in [4.78, 5) is 11.7. The molecular formula is C29H32O3. The Labute approximate surface area is 190 Å². The topological polar surface area (TPSA) is 46.5 Å². The lowest BCUT2D eigenvalue weighted by atomic mass is 9.81. The first-order chi connectivity index (χ1) is 15.7. The lowest BCUT2D eigenvalue weighted by molar-refractivity contribution is -0.139. The van der Waals surface area contributed by atoms with Crippen LogP contribution in [0.4, 0.5) is 0 Å². The van der Waals surface area contributed by atoms with E-state index in [0.29, 0.717) is 5.92 Å². The van der Waals surface area contributed by atoms with Crippen LogP contribution in [-0.2, 0) is 22.6 Å². The normalized spacial score (nSPS) is 14.4. The lowest BCUT2D eigenvalue weighted by Crippen LogP contribution is -2.09. The molecule has 1 aliphatic carbocycles. The molecule has 0 amide bonds. The molecule has 166 valence electrons. The molecule has 3 nitrogen and oxygen atoms in total. The number of benzene rings is 3. The molecule has 0 radical (unpaired) electrons. The Bertz CT molecular complexity index is 1090. The van der Waals surface area contributed by atoms with E-state index in [0.717, 1.165) is 29.5 Å². The van der Waals surface area contributed by atoms with Crippen molar-refractivity contribution in [3.05, 3.63) is 83.9 Å². The minimum absolute atomic E-state index is 0.221. The highest BCUT2D eigenvalue weighted by Gasteiger charge is 2.19. The Morgan fingerprint density at radius 1 is 0.969 bits per heavy atom. The van der Waals surface area contributed by atoms with Crippen LogP contribution in [0, 0.1) is 0 Å². The van der Waals surface area contributed by atoms with Gasteiger partial charge in [-0.2, -0.15) is 0 Å². The predicted molar refractivity (Wildman–Crippen MR) is 131 cm³/mol. The largest absolute Gasteiger partial charge is 0.458 e. The van der Waals surface area contributed by atoms with Gasteiger partial charge in [-0.3, -0.25) is 0 Å². The minimum atomic E-state index is -0.382. The van der Waals surface area contributed by atoms with Gasteiger partial charge in [0.15, 0.2) is 0 Å². The summed E-state index contributed by atoms with van der Waals surface area (Å²) in [5.41, 5.74) is 5.97. The van der Waals surface area contributed by atoms with Crippen LogP contribution in [-0.4, -0.2) is 17.7 Å². The number of fused-ring (bicyclic) bond motifs is 1. The summed E-state index contributed by atoms with van der Waals surface area (Å²) in [5.74, 6) is 0.164. The predicted octanol–water partition coefficient (Wildman–Crippen LogP) is 6.71. The van der Waals surface area contributed by atoms with E-state index in [1.807, 2.05) is 0 Å². The molecule has 3 aromatic rings. The molecule has 0 saturated heterocycles. The van der Waals surface area contributed by atoms with Crippen molar-refractivity contribution in [2.24, 2.45) is 0 Å². The molecule has 0 aliphatic heterocycles. The number of aliphatic hydroxyl groups excluding tert-OH is 1. The summed E-state index contributed by atoms with van der Waals surface area (Å²) in [5, 5.41) is 11.5. The Kier molecular flexibility index (Phi) is 7.39. The second kappa shape index (κ2) is 10.6. The Hall–Kier alpha value is -2.91. The van der Waals surface area contributed by atoms with Gasteiger partial charge in [0.05, 0.1) is 0 Å². The number of carbonyl (C=O) groups is 1. The Balaban J connectivity index is 1.64.